The topological polar surface area (TPSA) is 46.9 Å². The van der Waals surface area contributed by atoms with Crippen LogP contribution in [0.2, 0.25) is 0 Å². The Balaban J connectivity index is 1.86. The second kappa shape index (κ2) is 4.56. The highest BCUT2D eigenvalue weighted by Crippen LogP contribution is 2.32. The van der Waals surface area contributed by atoms with Gasteiger partial charge in [-0.2, -0.15) is 0 Å². The number of rotatable bonds is 1. The number of fused-ring (bicyclic) bond motifs is 4. The van der Waals surface area contributed by atoms with E-state index in [0.717, 1.165) is 30.8 Å². The maximum absolute atomic E-state index is 12.8. The second-order valence-corrected chi connectivity index (χ2v) is 5.79. The monoisotopic (exact) mass is 267 g/mol. The molecule has 4 nitrogen and oxygen atoms in total. The zero-order chi connectivity index (χ0) is 13.5. The van der Waals surface area contributed by atoms with Gasteiger partial charge >= 0.3 is 0 Å². The molecule has 2 aromatic heterocycles. The molecule has 2 aromatic rings. The minimum Gasteiger partial charge on any atom is -0.316 e. The van der Waals surface area contributed by atoms with Gasteiger partial charge < -0.3 is 9.88 Å². The van der Waals surface area contributed by atoms with Gasteiger partial charge in [0.2, 0.25) is 0 Å². The Hall–Kier alpha value is -1.94. The third-order valence-electron chi connectivity index (χ3n) is 4.48. The van der Waals surface area contributed by atoms with Crippen molar-refractivity contribution in [2.75, 3.05) is 13.1 Å². The van der Waals surface area contributed by atoms with Crippen molar-refractivity contribution in [3.63, 3.8) is 0 Å². The Labute approximate surface area is 117 Å². The van der Waals surface area contributed by atoms with E-state index in [9.17, 15) is 4.79 Å². The first-order valence-corrected chi connectivity index (χ1v) is 7.18. The van der Waals surface area contributed by atoms with Crippen molar-refractivity contribution >= 4 is 0 Å². The molecule has 0 radical (unpaired) electrons. The molecule has 20 heavy (non-hydrogen) atoms. The lowest BCUT2D eigenvalue weighted by Crippen LogP contribution is -2.45. The highest BCUT2D eigenvalue weighted by Gasteiger charge is 2.31. The molecule has 2 aliphatic heterocycles. The molecule has 1 N–H and O–H groups in total. The first-order chi connectivity index (χ1) is 9.83. The fourth-order valence-corrected chi connectivity index (χ4v) is 3.53. The third kappa shape index (κ3) is 1.79. The zero-order valence-corrected chi connectivity index (χ0v) is 11.2. The number of nitrogens with zero attached hydrogens (tertiary/aromatic N) is 2. The number of hydrogen-bond acceptors (Lipinski definition) is 3. The minimum absolute atomic E-state index is 0.132. The summed E-state index contributed by atoms with van der Waals surface area (Å²) in [6.07, 6.45) is 4.70. The summed E-state index contributed by atoms with van der Waals surface area (Å²) in [6.45, 7) is 2.85. The minimum atomic E-state index is 0.132. The smallest absolute Gasteiger partial charge is 0.258 e. The normalized spacial score (nSPS) is 24.2. The lowest BCUT2D eigenvalue weighted by Gasteiger charge is -2.37. The summed E-state index contributed by atoms with van der Waals surface area (Å²) in [5.74, 6) is 1.07. The number of pyridine rings is 2. The van der Waals surface area contributed by atoms with Crippen LogP contribution in [-0.2, 0) is 6.54 Å². The first-order valence-electron chi connectivity index (χ1n) is 7.18. The first kappa shape index (κ1) is 11.9. The van der Waals surface area contributed by atoms with Gasteiger partial charge in [0.15, 0.2) is 0 Å². The van der Waals surface area contributed by atoms with Crippen molar-refractivity contribution < 1.29 is 0 Å². The molecule has 0 amide bonds. The second-order valence-electron chi connectivity index (χ2n) is 5.79. The zero-order valence-electron chi connectivity index (χ0n) is 11.2. The molecular formula is C16H17N3O. The van der Waals surface area contributed by atoms with Crippen molar-refractivity contribution in [3.05, 3.63) is 52.7 Å². The van der Waals surface area contributed by atoms with Crippen LogP contribution in [0.3, 0.4) is 0 Å². The molecule has 4 heterocycles. The van der Waals surface area contributed by atoms with Crippen molar-refractivity contribution in [3.8, 4) is 11.1 Å². The molecule has 0 aliphatic carbocycles. The molecular weight excluding hydrogens is 250 g/mol. The fraction of sp³-hybridized carbons (Fsp3) is 0.375. The number of nitrogens with one attached hydrogen (secondary N) is 1. The summed E-state index contributed by atoms with van der Waals surface area (Å²) in [5, 5.41) is 3.47. The molecule has 2 unspecified atom stereocenters. The molecule has 4 rings (SSSR count). The van der Waals surface area contributed by atoms with Gasteiger partial charge in [0, 0.05) is 48.2 Å². The maximum Gasteiger partial charge on any atom is 0.258 e. The van der Waals surface area contributed by atoms with Crippen LogP contribution in [0.4, 0.5) is 0 Å². The predicted molar refractivity (Wildman–Crippen MR) is 77.7 cm³/mol. The Morgan fingerprint density at radius 1 is 1.25 bits per heavy atom. The predicted octanol–water partition coefficient (Wildman–Crippen LogP) is 1.62. The van der Waals surface area contributed by atoms with E-state index in [4.69, 9.17) is 0 Å². The number of piperidine rings is 1. The van der Waals surface area contributed by atoms with Gasteiger partial charge in [-0.25, -0.2) is 0 Å². The highest BCUT2D eigenvalue weighted by molar-refractivity contribution is 5.61. The van der Waals surface area contributed by atoms with E-state index in [1.54, 1.807) is 12.4 Å². The van der Waals surface area contributed by atoms with Crippen molar-refractivity contribution in [2.24, 2.45) is 5.92 Å². The molecule has 2 bridgehead atoms. The molecule has 0 spiro atoms. The highest BCUT2D eigenvalue weighted by atomic mass is 16.1. The largest absolute Gasteiger partial charge is 0.316 e. The van der Waals surface area contributed by atoms with Crippen LogP contribution < -0.4 is 10.9 Å². The molecule has 1 saturated heterocycles. The van der Waals surface area contributed by atoms with E-state index in [-0.39, 0.29) is 5.56 Å². The summed E-state index contributed by atoms with van der Waals surface area (Å²) >= 11 is 0. The van der Waals surface area contributed by atoms with Crippen LogP contribution in [0.15, 0.2) is 41.5 Å². The van der Waals surface area contributed by atoms with E-state index >= 15 is 0 Å². The Bertz CT molecular complexity index is 693. The quantitative estimate of drug-likeness (QED) is 0.854. The van der Waals surface area contributed by atoms with Crippen LogP contribution in [0.1, 0.15) is 18.0 Å². The van der Waals surface area contributed by atoms with Crippen molar-refractivity contribution in [1.82, 2.24) is 14.9 Å². The van der Waals surface area contributed by atoms with E-state index in [0.29, 0.717) is 11.8 Å². The van der Waals surface area contributed by atoms with Gasteiger partial charge in [0.1, 0.15) is 0 Å². The standard InChI is InChI=1S/C16H17N3O/c20-16-14(12-2-1-5-17-8-12)3-4-15-13-6-11(7-18-9-13)10-19(15)16/h1-5,8,11,13,18H,6-7,9-10H2. The average Bonchev–Trinajstić information content (AvgIpc) is 2.50. The van der Waals surface area contributed by atoms with E-state index < -0.39 is 0 Å². The molecule has 0 aromatic carbocycles. The van der Waals surface area contributed by atoms with E-state index in [2.05, 4.69) is 16.4 Å². The van der Waals surface area contributed by atoms with Crippen LogP contribution in [-0.4, -0.2) is 22.6 Å². The molecule has 102 valence electrons. The molecule has 2 atom stereocenters. The van der Waals surface area contributed by atoms with Gasteiger partial charge in [-0.1, -0.05) is 6.07 Å². The molecule has 2 aliphatic rings. The summed E-state index contributed by atoms with van der Waals surface area (Å²) in [5.41, 5.74) is 2.98. The van der Waals surface area contributed by atoms with Crippen LogP contribution in [0.5, 0.6) is 0 Å². The third-order valence-corrected chi connectivity index (χ3v) is 4.48. The lowest BCUT2D eigenvalue weighted by molar-refractivity contribution is 0.257. The van der Waals surface area contributed by atoms with Crippen LogP contribution >= 0.6 is 0 Å². The van der Waals surface area contributed by atoms with Gasteiger partial charge in [-0.05, 0) is 37.1 Å². The van der Waals surface area contributed by atoms with Gasteiger partial charge in [-0.15, -0.1) is 0 Å². The summed E-state index contributed by atoms with van der Waals surface area (Å²) in [7, 11) is 0. The van der Waals surface area contributed by atoms with Crippen molar-refractivity contribution in [1.29, 1.82) is 0 Å². The fourth-order valence-electron chi connectivity index (χ4n) is 3.53. The van der Waals surface area contributed by atoms with E-state index in [1.165, 1.54) is 12.1 Å². The molecule has 1 fully saturated rings. The SMILES string of the molecule is O=c1c(-c2cccnc2)ccc2n1CC1CNCC2C1. The maximum atomic E-state index is 12.8. The summed E-state index contributed by atoms with van der Waals surface area (Å²) in [4.78, 5) is 16.9. The van der Waals surface area contributed by atoms with E-state index in [1.807, 2.05) is 22.8 Å². The number of aromatic nitrogens is 2. The summed E-state index contributed by atoms with van der Waals surface area (Å²) < 4.78 is 1.99. The van der Waals surface area contributed by atoms with Crippen LogP contribution in [0.25, 0.3) is 11.1 Å². The average molecular weight is 267 g/mol. The number of hydrogen-bond donors (Lipinski definition) is 1. The van der Waals surface area contributed by atoms with Gasteiger partial charge in [0.05, 0.1) is 0 Å². The van der Waals surface area contributed by atoms with Crippen molar-refractivity contribution in [2.45, 2.75) is 18.9 Å². The Morgan fingerprint density at radius 3 is 3.05 bits per heavy atom. The van der Waals surface area contributed by atoms with Gasteiger partial charge in [0.25, 0.3) is 5.56 Å². The molecule has 4 heteroatoms. The lowest BCUT2D eigenvalue weighted by atomic mass is 9.84. The molecule has 0 saturated carbocycles. The Morgan fingerprint density at radius 2 is 2.20 bits per heavy atom. The van der Waals surface area contributed by atoms with Gasteiger partial charge in [-0.3, -0.25) is 9.78 Å². The Kier molecular flexibility index (Phi) is 2.70. The summed E-state index contributed by atoms with van der Waals surface area (Å²) in [6, 6.07) is 7.90. The van der Waals surface area contributed by atoms with Crippen LogP contribution in [0, 0.1) is 5.92 Å².